The molecule has 0 unspecified atom stereocenters. The van der Waals surface area contributed by atoms with Gasteiger partial charge in [0, 0.05) is 5.56 Å². The molecule has 5 nitrogen and oxygen atoms in total. The Morgan fingerprint density at radius 2 is 1.58 bits per heavy atom. The van der Waals surface area contributed by atoms with Crippen molar-refractivity contribution in [3.63, 3.8) is 0 Å². The number of nitrogens with one attached hydrogen (secondary N) is 2. The Kier molecular flexibility index (Phi) is 6.56. The maximum atomic E-state index is 12.7. The highest BCUT2D eigenvalue weighted by Crippen LogP contribution is 2.32. The molecule has 36 heavy (non-hydrogen) atoms. The molecule has 0 atom stereocenters. The largest absolute Gasteiger partial charge is 0.416 e. The number of alkyl halides is 6. The molecule has 188 valence electrons. The Morgan fingerprint density at radius 3 is 2.25 bits per heavy atom. The Balaban J connectivity index is 1.59. The molecule has 4 rings (SSSR count). The van der Waals surface area contributed by atoms with Crippen LogP contribution >= 0.6 is 0 Å². The fourth-order valence-electron chi connectivity index (χ4n) is 3.47. The predicted molar refractivity (Wildman–Crippen MR) is 125 cm³/mol. The van der Waals surface area contributed by atoms with Crippen molar-refractivity contribution in [1.82, 2.24) is 9.97 Å². The zero-order valence-electron chi connectivity index (χ0n) is 18.2. The molecule has 0 saturated carbocycles. The number of aromatic nitrogens is 2. The van der Waals surface area contributed by atoms with Crippen LogP contribution < -0.4 is 4.72 Å². The van der Waals surface area contributed by atoms with Crippen molar-refractivity contribution in [2.75, 3.05) is 10.5 Å². The van der Waals surface area contributed by atoms with Crippen molar-refractivity contribution >= 4 is 38.9 Å². The van der Waals surface area contributed by atoms with Crippen LogP contribution in [0.3, 0.4) is 0 Å². The Labute approximate surface area is 201 Å². The van der Waals surface area contributed by atoms with E-state index >= 15 is 0 Å². The second-order valence-electron chi connectivity index (χ2n) is 7.83. The third kappa shape index (κ3) is 6.25. The number of hydrogen-bond acceptors (Lipinski definition) is 3. The number of H-pyrrole nitrogens is 1. The van der Waals surface area contributed by atoms with Crippen molar-refractivity contribution in [2.45, 2.75) is 12.4 Å². The van der Waals surface area contributed by atoms with E-state index in [1.165, 1.54) is 24.3 Å². The summed E-state index contributed by atoms with van der Waals surface area (Å²) in [4.78, 5) is 7.46. The second kappa shape index (κ2) is 9.34. The summed E-state index contributed by atoms with van der Waals surface area (Å²) in [6.45, 7) is 0. The molecule has 0 radical (unpaired) electrons. The van der Waals surface area contributed by atoms with Crippen LogP contribution in [0.2, 0.25) is 0 Å². The molecular formula is C24H17F6N3O2S. The van der Waals surface area contributed by atoms with Gasteiger partial charge < -0.3 is 4.98 Å². The molecule has 0 saturated heterocycles. The lowest BCUT2D eigenvalue weighted by Gasteiger charge is -2.14. The average molecular weight is 525 g/mol. The fraction of sp³-hybridized carbons (Fsp3) is 0.125. The van der Waals surface area contributed by atoms with Crippen LogP contribution in [0.4, 0.5) is 32.0 Å². The van der Waals surface area contributed by atoms with Gasteiger partial charge in [-0.2, -0.15) is 26.3 Å². The highest BCUT2D eigenvalue weighted by atomic mass is 32.2. The number of halogens is 6. The van der Waals surface area contributed by atoms with Crippen LogP contribution in [-0.4, -0.2) is 30.3 Å². The molecule has 4 aromatic rings. The Morgan fingerprint density at radius 1 is 0.889 bits per heavy atom. The van der Waals surface area contributed by atoms with Gasteiger partial charge in [0.15, 0.2) is 5.75 Å². The van der Waals surface area contributed by atoms with Gasteiger partial charge in [0.25, 0.3) is 0 Å². The number of rotatable bonds is 6. The van der Waals surface area contributed by atoms with E-state index < -0.39 is 33.7 Å². The van der Waals surface area contributed by atoms with Gasteiger partial charge in [-0.15, -0.1) is 0 Å². The minimum Gasteiger partial charge on any atom is -0.338 e. The van der Waals surface area contributed by atoms with Crippen molar-refractivity contribution < 1.29 is 34.8 Å². The first kappa shape index (κ1) is 25.3. The summed E-state index contributed by atoms with van der Waals surface area (Å²) in [6.07, 6.45) is -6.14. The molecule has 0 amide bonds. The molecule has 0 spiro atoms. The van der Waals surface area contributed by atoms with Crippen LogP contribution in [0.15, 0.2) is 66.7 Å². The summed E-state index contributed by atoms with van der Waals surface area (Å²) in [7, 11) is -4.67. The van der Waals surface area contributed by atoms with E-state index in [9.17, 15) is 34.8 Å². The monoisotopic (exact) mass is 525 g/mol. The maximum Gasteiger partial charge on any atom is 0.416 e. The third-order valence-electron chi connectivity index (χ3n) is 5.03. The van der Waals surface area contributed by atoms with Gasteiger partial charge in [-0.1, -0.05) is 42.5 Å². The average Bonchev–Trinajstić information content (AvgIpc) is 3.18. The lowest BCUT2D eigenvalue weighted by Crippen LogP contribution is -2.28. The smallest absolute Gasteiger partial charge is 0.338 e. The van der Waals surface area contributed by atoms with Crippen LogP contribution in [0.1, 0.15) is 17.0 Å². The maximum absolute atomic E-state index is 12.7. The van der Waals surface area contributed by atoms with Crippen molar-refractivity contribution in [1.29, 1.82) is 0 Å². The van der Waals surface area contributed by atoms with Gasteiger partial charge in [-0.25, -0.2) is 13.4 Å². The first-order chi connectivity index (χ1) is 16.8. The Hall–Kier alpha value is -3.80. The summed E-state index contributed by atoms with van der Waals surface area (Å²) in [5.41, 5.74) is 1.75. The number of anilines is 1. The molecule has 0 aliphatic carbocycles. The number of aromatic amines is 1. The Bertz CT molecular complexity index is 1520. The van der Waals surface area contributed by atoms with Crippen molar-refractivity contribution in [3.05, 3.63) is 83.7 Å². The van der Waals surface area contributed by atoms with Crippen molar-refractivity contribution in [3.8, 4) is 11.1 Å². The number of sulfonamides is 1. The number of hydrogen-bond donors (Lipinski definition) is 2. The molecule has 0 aliphatic rings. The summed E-state index contributed by atoms with van der Waals surface area (Å²) >= 11 is 0. The number of imidazole rings is 1. The molecule has 0 fully saturated rings. The molecule has 1 heterocycles. The first-order valence-electron chi connectivity index (χ1n) is 10.3. The summed E-state index contributed by atoms with van der Waals surface area (Å²) in [5, 5.41) is 0. The van der Waals surface area contributed by atoms with Crippen LogP contribution in [0.5, 0.6) is 0 Å². The highest BCUT2D eigenvalue weighted by molar-refractivity contribution is 7.92. The quantitative estimate of drug-likeness (QED) is 0.275. The van der Waals surface area contributed by atoms with E-state index in [2.05, 4.69) is 9.97 Å². The zero-order chi connectivity index (χ0) is 26.1. The number of nitrogens with zero attached hydrogens (tertiary/aromatic N) is 1. The number of fused-ring (bicyclic) bond motifs is 1. The van der Waals surface area contributed by atoms with E-state index in [0.29, 0.717) is 33.5 Å². The minimum absolute atomic E-state index is 0.0148. The van der Waals surface area contributed by atoms with Crippen LogP contribution in [0, 0.1) is 0 Å². The van der Waals surface area contributed by atoms with Gasteiger partial charge in [-0.05, 0) is 47.5 Å². The van der Waals surface area contributed by atoms with Crippen LogP contribution in [-0.2, 0) is 16.2 Å². The third-order valence-corrected chi connectivity index (χ3v) is 6.27. The van der Waals surface area contributed by atoms with Gasteiger partial charge in [-0.3, -0.25) is 4.72 Å². The van der Waals surface area contributed by atoms with E-state index in [0.717, 1.165) is 12.1 Å². The predicted octanol–water partition coefficient (Wildman–Crippen LogP) is 6.72. The van der Waals surface area contributed by atoms with Crippen molar-refractivity contribution in [2.24, 2.45) is 0 Å². The zero-order valence-corrected chi connectivity index (χ0v) is 19.0. The topological polar surface area (TPSA) is 74.8 Å². The molecule has 12 heteroatoms. The molecule has 0 bridgehead atoms. The fourth-order valence-corrected chi connectivity index (χ4v) is 4.49. The second-order valence-corrected chi connectivity index (χ2v) is 9.55. The highest BCUT2D eigenvalue weighted by Gasteiger charge is 2.35. The molecule has 0 aliphatic heterocycles. The van der Waals surface area contributed by atoms with E-state index in [4.69, 9.17) is 0 Å². The van der Waals surface area contributed by atoms with Gasteiger partial charge in [0.1, 0.15) is 5.82 Å². The molecule has 2 N–H and O–H groups in total. The van der Waals surface area contributed by atoms with E-state index in [1.54, 1.807) is 42.5 Å². The summed E-state index contributed by atoms with van der Waals surface area (Å²) in [5.74, 6) is -1.59. The lowest BCUT2D eigenvalue weighted by atomic mass is 10.0. The van der Waals surface area contributed by atoms with Gasteiger partial charge >= 0.3 is 12.4 Å². The first-order valence-corrected chi connectivity index (χ1v) is 12.0. The summed E-state index contributed by atoms with van der Waals surface area (Å²) in [6, 6.07) is 15.6. The number of para-hydroxylation sites is 1. The van der Waals surface area contributed by atoms with E-state index in [1.807, 2.05) is 4.72 Å². The van der Waals surface area contributed by atoms with Gasteiger partial charge in [0.05, 0.1) is 22.3 Å². The van der Waals surface area contributed by atoms with Crippen LogP contribution in [0.25, 0.3) is 34.3 Å². The molecular weight excluding hydrogens is 508 g/mol. The molecule has 3 aromatic carbocycles. The number of benzene rings is 3. The SMILES string of the molecule is O=S(=O)(CC(F)(F)F)Nc1ccccc1-c1ccc2[nH]c(/C=C/c3ccc(C(F)(F)F)cc3)nc2c1. The lowest BCUT2D eigenvalue weighted by molar-refractivity contribution is -0.137. The van der Waals surface area contributed by atoms with Gasteiger partial charge in [0.2, 0.25) is 10.0 Å². The normalized spacial score (nSPS) is 12.9. The van der Waals surface area contributed by atoms with E-state index in [-0.39, 0.29) is 5.69 Å². The summed E-state index contributed by atoms with van der Waals surface area (Å²) < 4.78 is 102. The standard InChI is InChI=1S/C24H17F6N3O2S/c25-23(26,27)14-36(34,35)33-19-4-2-1-3-18(19)16-8-11-20-21(13-16)32-22(31-20)12-7-15-5-9-17(10-6-15)24(28,29)30/h1-13,33H,14H2,(H,31,32)/b12-7+. The molecule has 1 aromatic heterocycles. The minimum atomic E-state index is -4.89.